The van der Waals surface area contributed by atoms with Gasteiger partial charge in [-0.3, -0.25) is 19.1 Å². The summed E-state index contributed by atoms with van der Waals surface area (Å²) in [4.78, 5) is 46.1. The molecule has 0 aliphatic rings. The van der Waals surface area contributed by atoms with Crippen LogP contribution in [0.15, 0.2) is 26.6 Å². The molecular formula is C22H32BrN8NaO2S. The number of nitrogens with one attached hydrogen (secondary N) is 2. The topological polar surface area (TPSA) is 127 Å². The van der Waals surface area contributed by atoms with Crippen LogP contribution in [0.1, 0.15) is 71.2 Å². The van der Waals surface area contributed by atoms with E-state index in [0.29, 0.717) is 27.2 Å². The van der Waals surface area contributed by atoms with Crippen LogP contribution in [0.2, 0.25) is 0 Å². The van der Waals surface area contributed by atoms with Crippen molar-refractivity contribution >= 4 is 51.1 Å². The fourth-order valence-electron chi connectivity index (χ4n) is 3.84. The van der Waals surface area contributed by atoms with Crippen LogP contribution in [0.25, 0.3) is 22.6 Å². The smallest absolute Gasteiger partial charge is 0.796 e. The molecule has 0 aliphatic carbocycles. The van der Waals surface area contributed by atoms with Crippen molar-refractivity contribution in [2.45, 2.75) is 72.4 Å². The molecule has 35 heavy (non-hydrogen) atoms. The minimum absolute atomic E-state index is 0. The van der Waals surface area contributed by atoms with Crippen molar-refractivity contribution in [3.05, 3.63) is 43.7 Å². The summed E-state index contributed by atoms with van der Waals surface area (Å²) in [7, 11) is 0. The SMILES string of the molecule is CCC(CC)n1c(=O)[nH]c2ncc(Br)nc21.CCC(CC)n1c(=O)[nH]c2ncc(C)nc21.C[S-].[Na+]. The van der Waals surface area contributed by atoms with Crippen LogP contribution in [0.3, 0.4) is 0 Å². The van der Waals surface area contributed by atoms with E-state index in [1.807, 2.05) is 6.92 Å². The Kier molecular flexibility index (Phi) is 13.5. The van der Waals surface area contributed by atoms with E-state index in [-0.39, 0.29) is 53.0 Å². The van der Waals surface area contributed by atoms with Gasteiger partial charge in [-0.1, -0.05) is 27.7 Å². The van der Waals surface area contributed by atoms with Gasteiger partial charge in [-0.05, 0) is 48.5 Å². The number of H-pyrrole nitrogens is 2. The molecule has 0 fully saturated rings. The molecule has 0 unspecified atom stereocenters. The van der Waals surface area contributed by atoms with Gasteiger partial charge >= 0.3 is 40.9 Å². The molecule has 0 radical (unpaired) electrons. The van der Waals surface area contributed by atoms with Crippen molar-refractivity contribution in [3.8, 4) is 0 Å². The molecule has 4 aromatic heterocycles. The molecule has 186 valence electrons. The zero-order chi connectivity index (χ0) is 25.4. The first kappa shape index (κ1) is 31.6. The average Bonchev–Trinajstić information content (AvgIpc) is 3.33. The molecule has 2 N–H and O–H groups in total. The molecule has 4 aromatic rings. The number of aromatic amines is 2. The maximum atomic E-state index is 11.8. The van der Waals surface area contributed by atoms with Gasteiger partial charge in [-0.25, -0.2) is 29.5 Å². The number of nitrogens with zero attached hydrogens (tertiary/aromatic N) is 6. The molecule has 0 atom stereocenters. The van der Waals surface area contributed by atoms with E-state index in [1.165, 1.54) is 0 Å². The van der Waals surface area contributed by atoms with Gasteiger partial charge in [0.1, 0.15) is 4.60 Å². The predicted octanol–water partition coefficient (Wildman–Crippen LogP) is 1.20. The fourth-order valence-corrected chi connectivity index (χ4v) is 4.11. The van der Waals surface area contributed by atoms with Crippen LogP contribution < -0.4 is 40.9 Å². The Bertz CT molecular complexity index is 1220. The van der Waals surface area contributed by atoms with Gasteiger partial charge in [0, 0.05) is 12.1 Å². The Hall–Kier alpha value is -1.47. The number of halogens is 1. The van der Waals surface area contributed by atoms with Crippen molar-refractivity contribution in [1.29, 1.82) is 0 Å². The first-order valence-corrected chi connectivity index (χ1v) is 12.9. The summed E-state index contributed by atoms with van der Waals surface area (Å²) in [5.41, 5.74) is 2.97. The van der Waals surface area contributed by atoms with Crippen LogP contribution in [0, 0.1) is 6.92 Å². The standard InChI is InChI=1S/C11H16N4O.C10H13BrN4O.CH4S.Na/c1-4-8(5-2)15-10-9(14-11(15)16)12-6-7(3)13-10;1-3-6(4-2)15-9-8(14-10(15)16)12-5-7(11)13-9;1-2;/h6,8H,4-5H2,1-3H3,(H,12,14,16);5-6H,3-4H2,1-2H3,(H,12,14,16);2H,1H3;/q;;;+1/p-1. The third-order valence-electron chi connectivity index (χ3n) is 5.56. The summed E-state index contributed by atoms with van der Waals surface area (Å²) < 4.78 is 4.04. The maximum Gasteiger partial charge on any atom is 1.00 e. The van der Waals surface area contributed by atoms with Crippen molar-refractivity contribution in [2.75, 3.05) is 6.26 Å². The van der Waals surface area contributed by atoms with E-state index < -0.39 is 0 Å². The number of fused-ring (bicyclic) bond motifs is 2. The molecule has 0 bridgehead atoms. The second kappa shape index (κ2) is 14.9. The Morgan fingerprint density at radius 2 is 1.23 bits per heavy atom. The maximum absolute atomic E-state index is 11.8. The first-order valence-electron chi connectivity index (χ1n) is 11.3. The second-order valence-electron chi connectivity index (χ2n) is 7.59. The van der Waals surface area contributed by atoms with Crippen molar-refractivity contribution < 1.29 is 29.6 Å². The Morgan fingerprint density at radius 1 is 0.829 bits per heavy atom. The quantitative estimate of drug-likeness (QED) is 0.261. The van der Waals surface area contributed by atoms with Crippen molar-refractivity contribution in [1.82, 2.24) is 39.0 Å². The number of aromatic nitrogens is 8. The zero-order valence-electron chi connectivity index (χ0n) is 21.4. The Balaban J connectivity index is 0.000000318. The van der Waals surface area contributed by atoms with Crippen LogP contribution in [0.5, 0.6) is 0 Å². The van der Waals surface area contributed by atoms with E-state index >= 15 is 0 Å². The normalized spacial score (nSPS) is 10.7. The van der Waals surface area contributed by atoms with Gasteiger partial charge in [0.2, 0.25) is 0 Å². The molecule has 0 spiro atoms. The molecular weight excluding hydrogens is 543 g/mol. The van der Waals surface area contributed by atoms with Gasteiger partial charge in [0.25, 0.3) is 0 Å². The third kappa shape index (κ3) is 7.28. The molecule has 4 rings (SSSR count). The number of hydrogen-bond acceptors (Lipinski definition) is 7. The summed E-state index contributed by atoms with van der Waals surface area (Å²) in [5.74, 6) is 0. The van der Waals surface area contributed by atoms with Crippen LogP contribution in [-0.2, 0) is 12.6 Å². The molecule has 0 saturated heterocycles. The van der Waals surface area contributed by atoms with Gasteiger partial charge in [-0.15, -0.1) is 0 Å². The minimum Gasteiger partial charge on any atom is -0.796 e. The van der Waals surface area contributed by atoms with Crippen LogP contribution >= 0.6 is 15.9 Å². The van der Waals surface area contributed by atoms with Crippen LogP contribution in [-0.4, -0.2) is 45.3 Å². The predicted molar refractivity (Wildman–Crippen MR) is 141 cm³/mol. The van der Waals surface area contributed by atoms with E-state index in [1.54, 1.807) is 27.8 Å². The fraction of sp³-hybridized carbons (Fsp3) is 0.545. The zero-order valence-corrected chi connectivity index (χ0v) is 25.8. The number of hydrogen-bond donors (Lipinski definition) is 2. The molecule has 4 heterocycles. The molecule has 0 aromatic carbocycles. The third-order valence-corrected chi connectivity index (χ3v) is 5.94. The van der Waals surface area contributed by atoms with Crippen molar-refractivity contribution in [3.63, 3.8) is 0 Å². The first-order chi connectivity index (χ1) is 16.3. The summed E-state index contributed by atoms with van der Waals surface area (Å²) in [6.07, 6.45) is 8.46. The second-order valence-corrected chi connectivity index (χ2v) is 8.40. The molecule has 0 amide bonds. The minimum atomic E-state index is -0.137. The van der Waals surface area contributed by atoms with E-state index in [2.05, 4.69) is 86.2 Å². The van der Waals surface area contributed by atoms with E-state index in [9.17, 15) is 9.59 Å². The molecule has 10 nitrogen and oxygen atoms in total. The number of rotatable bonds is 6. The van der Waals surface area contributed by atoms with Crippen LogP contribution in [0.4, 0.5) is 0 Å². The van der Waals surface area contributed by atoms with Gasteiger partial charge in [-0.2, -0.15) is 6.26 Å². The average molecular weight is 576 g/mol. The number of aryl methyl sites for hydroxylation is 1. The van der Waals surface area contributed by atoms with E-state index in [4.69, 9.17) is 0 Å². The summed E-state index contributed by atoms with van der Waals surface area (Å²) in [6, 6.07) is 0.363. The molecule has 13 heteroatoms. The summed E-state index contributed by atoms with van der Waals surface area (Å²) in [6.45, 7) is 10.1. The largest absolute Gasteiger partial charge is 1.00 e. The van der Waals surface area contributed by atoms with Gasteiger partial charge < -0.3 is 12.6 Å². The van der Waals surface area contributed by atoms with E-state index in [0.717, 1.165) is 31.4 Å². The van der Waals surface area contributed by atoms with Crippen molar-refractivity contribution in [2.24, 2.45) is 0 Å². The Morgan fingerprint density at radius 3 is 1.66 bits per heavy atom. The molecule has 0 aliphatic heterocycles. The molecule has 0 saturated carbocycles. The van der Waals surface area contributed by atoms with Gasteiger partial charge in [0.05, 0.1) is 18.1 Å². The van der Waals surface area contributed by atoms with Gasteiger partial charge in [0.15, 0.2) is 22.6 Å². The summed E-state index contributed by atoms with van der Waals surface area (Å²) >= 11 is 7.35. The Labute approximate surface area is 240 Å². The number of imidazole rings is 2. The summed E-state index contributed by atoms with van der Waals surface area (Å²) in [5, 5.41) is 0. The monoisotopic (exact) mass is 574 g/mol.